The Morgan fingerprint density at radius 1 is 1.21 bits per heavy atom. The molecule has 8 heteroatoms. The van der Waals surface area contributed by atoms with E-state index < -0.39 is 17.8 Å². The van der Waals surface area contributed by atoms with Gasteiger partial charge in [-0.3, -0.25) is 4.79 Å². The van der Waals surface area contributed by atoms with E-state index >= 15 is 0 Å². The lowest BCUT2D eigenvalue weighted by Gasteiger charge is -2.20. The van der Waals surface area contributed by atoms with Crippen molar-refractivity contribution in [2.45, 2.75) is 26.8 Å². The van der Waals surface area contributed by atoms with E-state index in [1.165, 1.54) is 18.3 Å². The first-order chi connectivity index (χ1) is 15.7. The van der Waals surface area contributed by atoms with Crippen molar-refractivity contribution in [3.05, 3.63) is 92.1 Å². The van der Waals surface area contributed by atoms with Gasteiger partial charge >= 0.3 is 5.97 Å². The summed E-state index contributed by atoms with van der Waals surface area (Å²) in [6.45, 7) is 5.23. The molecule has 2 heterocycles. The second-order valence-corrected chi connectivity index (χ2v) is 8.19. The number of aromatic carboxylic acids is 1. The summed E-state index contributed by atoms with van der Waals surface area (Å²) in [6, 6.07) is 10.6. The predicted octanol–water partition coefficient (Wildman–Crippen LogP) is 6.14. The number of pyridine rings is 1. The zero-order valence-corrected chi connectivity index (χ0v) is 18.8. The van der Waals surface area contributed by atoms with Crippen molar-refractivity contribution in [1.82, 2.24) is 4.98 Å². The molecule has 0 bridgehead atoms. The first-order valence-electron chi connectivity index (χ1n) is 10.2. The normalized spacial score (nSPS) is 12.0. The Morgan fingerprint density at radius 2 is 1.94 bits per heavy atom. The monoisotopic (exact) mass is 466 g/mol. The number of carboxylic acids is 1. The van der Waals surface area contributed by atoms with Crippen LogP contribution in [0.2, 0.25) is 5.02 Å². The lowest BCUT2D eigenvalue weighted by atomic mass is 9.98. The molecule has 2 aromatic heterocycles. The van der Waals surface area contributed by atoms with Crippen LogP contribution in [-0.4, -0.2) is 16.1 Å². The molecule has 0 spiro atoms. The predicted molar refractivity (Wildman–Crippen MR) is 126 cm³/mol. The first-order valence-corrected chi connectivity index (χ1v) is 10.5. The highest BCUT2D eigenvalue weighted by molar-refractivity contribution is 6.33. The van der Waals surface area contributed by atoms with Crippen LogP contribution in [0, 0.1) is 19.7 Å². The second kappa shape index (κ2) is 8.67. The Balaban J connectivity index is 1.93. The SMILES string of the molecule is Cc1cc([C@@H](C)Nc2c(Cl)ccnc2C(=O)O)c2oc(-c3ccccc3F)c(C)c(=O)c2c1. The van der Waals surface area contributed by atoms with Gasteiger partial charge in [-0.25, -0.2) is 14.2 Å². The Labute approximate surface area is 193 Å². The van der Waals surface area contributed by atoms with Gasteiger partial charge in [-0.2, -0.15) is 0 Å². The number of hydrogen-bond donors (Lipinski definition) is 2. The van der Waals surface area contributed by atoms with Gasteiger partial charge in [0, 0.05) is 17.3 Å². The number of aryl methyl sites for hydroxylation is 1. The van der Waals surface area contributed by atoms with Crippen LogP contribution in [0.3, 0.4) is 0 Å². The van der Waals surface area contributed by atoms with E-state index in [4.69, 9.17) is 16.0 Å². The molecule has 0 aliphatic heterocycles. The molecule has 0 saturated carbocycles. The number of halogens is 2. The van der Waals surface area contributed by atoms with Crippen molar-refractivity contribution in [2.24, 2.45) is 0 Å². The number of benzene rings is 2. The zero-order valence-electron chi connectivity index (χ0n) is 18.1. The standard InChI is InChI=1S/C25H20ClFN2O4/c1-12-10-16(14(3)29-20-18(26)8-9-28-21(20)25(31)32)24-17(11-12)22(30)13(2)23(33-24)15-6-4-5-7-19(15)27/h4-11,14,29H,1-3H3,(H,31,32)/t14-/m1/s1. The minimum absolute atomic E-state index is 0.147. The number of hydrogen-bond acceptors (Lipinski definition) is 5. The number of carboxylic acid groups (broad SMARTS) is 1. The molecule has 6 nitrogen and oxygen atoms in total. The molecule has 1 atom stereocenters. The molecule has 168 valence electrons. The van der Waals surface area contributed by atoms with Gasteiger partial charge in [-0.15, -0.1) is 0 Å². The van der Waals surface area contributed by atoms with Crippen LogP contribution in [0.5, 0.6) is 0 Å². The summed E-state index contributed by atoms with van der Waals surface area (Å²) in [5, 5.41) is 13.1. The molecule has 0 radical (unpaired) electrons. The maximum atomic E-state index is 14.5. The minimum atomic E-state index is -1.23. The number of carbonyl (C=O) groups is 1. The molecule has 0 unspecified atom stereocenters. The fraction of sp³-hybridized carbons (Fsp3) is 0.160. The summed E-state index contributed by atoms with van der Waals surface area (Å²) < 4.78 is 20.7. The quantitative estimate of drug-likeness (QED) is 0.367. The summed E-state index contributed by atoms with van der Waals surface area (Å²) in [4.78, 5) is 28.7. The molecule has 0 aliphatic carbocycles. The van der Waals surface area contributed by atoms with E-state index in [0.29, 0.717) is 16.5 Å². The highest BCUT2D eigenvalue weighted by Crippen LogP contribution is 2.34. The summed E-state index contributed by atoms with van der Waals surface area (Å²) in [5.41, 5.74) is 1.83. The first kappa shape index (κ1) is 22.5. The lowest BCUT2D eigenvalue weighted by molar-refractivity contribution is 0.0691. The molecule has 0 aliphatic rings. The number of nitrogens with one attached hydrogen (secondary N) is 1. The Bertz CT molecular complexity index is 1470. The van der Waals surface area contributed by atoms with E-state index in [2.05, 4.69) is 10.3 Å². The largest absolute Gasteiger partial charge is 0.476 e. The van der Waals surface area contributed by atoms with Crippen LogP contribution in [0.15, 0.2) is 57.9 Å². The van der Waals surface area contributed by atoms with E-state index in [1.807, 2.05) is 13.0 Å². The fourth-order valence-corrected chi connectivity index (χ4v) is 4.02. The minimum Gasteiger partial charge on any atom is -0.476 e. The Kier molecular flexibility index (Phi) is 5.91. The van der Waals surface area contributed by atoms with Crippen LogP contribution < -0.4 is 10.7 Å². The average Bonchev–Trinajstić information content (AvgIpc) is 2.77. The third kappa shape index (κ3) is 4.07. The van der Waals surface area contributed by atoms with E-state index in [9.17, 15) is 19.1 Å². The molecule has 4 rings (SSSR count). The number of aromatic nitrogens is 1. The fourth-order valence-electron chi connectivity index (χ4n) is 3.82. The summed E-state index contributed by atoms with van der Waals surface area (Å²) in [5.74, 6) is -1.59. The van der Waals surface area contributed by atoms with Crippen molar-refractivity contribution in [3.63, 3.8) is 0 Å². The molecule has 0 amide bonds. The third-order valence-electron chi connectivity index (χ3n) is 5.44. The summed E-state index contributed by atoms with van der Waals surface area (Å²) >= 11 is 6.24. The smallest absolute Gasteiger partial charge is 0.356 e. The highest BCUT2D eigenvalue weighted by Gasteiger charge is 2.22. The van der Waals surface area contributed by atoms with Gasteiger partial charge in [0.25, 0.3) is 0 Å². The molecule has 2 N–H and O–H groups in total. The van der Waals surface area contributed by atoms with Gasteiger partial charge in [0.2, 0.25) is 0 Å². The molecule has 4 aromatic rings. The van der Waals surface area contributed by atoms with Crippen LogP contribution >= 0.6 is 11.6 Å². The topological polar surface area (TPSA) is 92.4 Å². The molecular weight excluding hydrogens is 447 g/mol. The second-order valence-electron chi connectivity index (χ2n) is 7.78. The van der Waals surface area contributed by atoms with E-state index in [0.717, 1.165) is 5.56 Å². The van der Waals surface area contributed by atoms with E-state index in [1.54, 1.807) is 38.1 Å². The summed E-state index contributed by atoms with van der Waals surface area (Å²) in [7, 11) is 0. The van der Waals surface area contributed by atoms with Crippen molar-refractivity contribution in [3.8, 4) is 11.3 Å². The molecule has 2 aromatic carbocycles. The molecule has 0 fully saturated rings. The molecule has 0 saturated heterocycles. The number of anilines is 1. The van der Waals surface area contributed by atoms with Crippen molar-refractivity contribution in [1.29, 1.82) is 0 Å². The van der Waals surface area contributed by atoms with Crippen LogP contribution in [-0.2, 0) is 0 Å². The number of nitrogens with zero attached hydrogens (tertiary/aromatic N) is 1. The van der Waals surface area contributed by atoms with Crippen molar-refractivity contribution in [2.75, 3.05) is 5.32 Å². The van der Waals surface area contributed by atoms with Gasteiger partial charge in [-0.1, -0.05) is 29.8 Å². The molecular formula is C25H20ClFN2O4. The number of rotatable bonds is 5. The van der Waals surface area contributed by atoms with Crippen molar-refractivity contribution < 1.29 is 18.7 Å². The van der Waals surface area contributed by atoms with Crippen molar-refractivity contribution >= 4 is 34.2 Å². The third-order valence-corrected chi connectivity index (χ3v) is 5.76. The maximum Gasteiger partial charge on any atom is 0.356 e. The lowest BCUT2D eigenvalue weighted by Crippen LogP contribution is -2.15. The Hall–Kier alpha value is -3.71. The van der Waals surface area contributed by atoms with Gasteiger partial charge in [0.1, 0.15) is 17.2 Å². The van der Waals surface area contributed by atoms with Gasteiger partial charge in [-0.05, 0) is 50.6 Å². The van der Waals surface area contributed by atoms with Gasteiger partial charge in [0.15, 0.2) is 11.1 Å². The molecule has 33 heavy (non-hydrogen) atoms. The van der Waals surface area contributed by atoms with E-state index in [-0.39, 0.29) is 38.7 Å². The number of fused-ring (bicyclic) bond motifs is 1. The summed E-state index contributed by atoms with van der Waals surface area (Å²) in [6.07, 6.45) is 1.31. The van der Waals surface area contributed by atoms with Gasteiger partial charge in [0.05, 0.1) is 27.7 Å². The zero-order chi connectivity index (χ0) is 23.9. The highest BCUT2D eigenvalue weighted by atomic mass is 35.5. The van der Waals surface area contributed by atoms with Crippen LogP contribution in [0.4, 0.5) is 10.1 Å². The Morgan fingerprint density at radius 3 is 2.64 bits per heavy atom. The maximum absolute atomic E-state index is 14.5. The average molecular weight is 467 g/mol. The van der Waals surface area contributed by atoms with Crippen LogP contribution in [0.1, 0.15) is 40.1 Å². The van der Waals surface area contributed by atoms with Crippen LogP contribution in [0.25, 0.3) is 22.3 Å². The van der Waals surface area contributed by atoms with Gasteiger partial charge < -0.3 is 14.8 Å².